The van der Waals surface area contributed by atoms with E-state index >= 15 is 4.39 Å². The molecule has 0 radical (unpaired) electrons. The van der Waals surface area contributed by atoms with Gasteiger partial charge in [-0.05, 0) is 19.1 Å². The Morgan fingerprint density at radius 2 is 1.83 bits per heavy atom. The summed E-state index contributed by atoms with van der Waals surface area (Å²) in [6.07, 6.45) is -0.285. The molecule has 1 saturated heterocycles. The first-order chi connectivity index (χ1) is 16.5. The molecule has 1 aliphatic rings. The van der Waals surface area contributed by atoms with Gasteiger partial charge in [-0.3, -0.25) is 9.69 Å². The van der Waals surface area contributed by atoms with Crippen molar-refractivity contribution in [1.29, 1.82) is 0 Å². The molecule has 0 atom stereocenters. The van der Waals surface area contributed by atoms with Crippen molar-refractivity contribution in [3.05, 3.63) is 56.5 Å². The molecule has 0 saturated carbocycles. The second kappa shape index (κ2) is 9.21. The summed E-state index contributed by atoms with van der Waals surface area (Å²) in [5.41, 5.74) is -0.208. The van der Waals surface area contributed by atoms with Crippen LogP contribution in [0.1, 0.15) is 39.2 Å². The molecule has 1 aliphatic heterocycles. The third-order valence-electron chi connectivity index (χ3n) is 6.06. The number of piperazine rings is 1. The fourth-order valence-corrected chi connectivity index (χ4v) is 4.38. The Labute approximate surface area is 200 Å². The lowest BCUT2D eigenvalue weighted by Gasteiger charge is -2.36. The molecule has 3 heterocycles. The number of anilines is 1. The molecule has 0 unspecified atom stereocenters. The van der Waals surface area contributed by atoms with Crippen LogP contribution in [0.2, 0.25) is 0 Å². The lowest BCUT2D eigenvalue weighted by atomic mass is 9.92. The summed E-state index contributed by atoms with van der Waals surface area (Å²) < 4.78 is 31.9. The van der Waals surface area contributed by atoms with E-state index in [9.17, 15) is 14.4 Å². The minimum Gasteiger partial charge on any atom is -0.449 e. The van der Waals surface area contributed by atoms with Gasteiger partial charge in [0.05, 0.1) is 29.3 Å². The van der Waals surface area contributed by atoms with Crippen molar-refractivity contribution in [2.24, 2.45) is 0 Å². The van der Waals surface area contributed by atoms with Gasteiger partial charge in [0.1, 0.15) is 5.82 Å². The van der Waals surface area contributed by atoms with E-state index in [0.717, 1.165) is 6.07 Å². The highest BCUT2D eigenvalue weighted by atomic mass is 19.1. The van der Waals surface area contributed by atoms with Gasteiger partial charge >= 0.3 is 12.0 Å². The highest BCUT2D eigenvalue weighted by molar-refractivity contribution is 5.85. The summed E-state index contributed by atoms with van der Waals surface area (Å²) in [7, 11) is 0. The molecule has 1 fully saturated rings. The molecule has 10 nitrogen and oxygen atoms in total. The van der Waals surface area contributed by atoms with E-state index in [1.165, 1.54) is 6.20 Å². The summed E-state index contributed by atoms with van der Waals surface area (Å²) >= 11 is 0. The number of carboxylic acid groups (broad SMARTS) is 1. The van der Waals surface area contributed by atoms with Crippen molar-refractivity contribution in [3.8, 4) is 5.75 Å². The van der Waals surface area contributed by atoms with Crippen molar-refractivity contribution < 1.29 is 27.9 Å². The van der Waals surface area contributed by atoms with Crippen LogP contribution in [-0.2, 0) is 18.5 Å². The number of benzene rings is 1. The summed E-state index contributed by atoms with van der Waals surface area (Å²) in [6, 6.07) is 2.75. The van der Waals surface area contributed by atoms with Gasteiger partial charge in [0, 0.05) is 38.1 Å². The third kappa shape index (κ3) is 4.95. The summed E-state index contributed by atoms with van der Waals surface area (Å²) in [5.74, 6) is -0.642. The van der Waals surface area contributed by atoms with E-state index in [0.29, 0.717) is 62.0 Å². The summed E-state index contributed by atoms with van der Waals surface area (Å²) in [4.78, 5) is 39.2. The van der Waals surface area contributed by atoms with Crippen LogP contribution in [0.3, 0.4) is 0 Å². The second-order valence-corrected chi connectivity index (χ2v) is 9.52. The van der Waals surface area contributed by atoms with Crippen molar-refractivity contribution in [2.45, 2.75) is 46.2 Å². The average molecular weight is 490 g/mol. The first-order valence-corrected chi connectivity index (χ1v) is 11.4. The number of carbonyl (C=O) groups is 1. The zero-order valence-electron chi connectivity index (χ0n) is 20.1. The Kier molecular flexibility index (Phi) is 6.46. The Hall–Kier alpha value is -3.60. The van der Waals surface area contributed by atoms with E-state index in [-0.39, 0.29) is 16.6 Å². The predicted octanol–water partition coefficient (Wildman–Crippen LogP) is 3.38. The normalized spacial score (nSPS) is 15.1. The van der Waals surface area contributed by atoms with Crippen LogP contribution in [0.4, 0.5) is 14.9 Å². The van der Waals surface area contributed by atoms with Crippen molar-refractivity contribution in [3.63, 3.8) is 0 Å². The first kappa shape index (κ1) is 24.5. The number of aryl methyl sites for hydroxylation is 1. The van der Waals surface area contributed by atoms with Crippen molar-refractivity contribution in [2.75, 3.05) is 31.1 Å². The second-order valence-electron chi connectivity index (χ2n) is 9.52. The SMILES string of the molecule is CCn1cc(OC(=O)O)c(=O)c2cc(F)c(N3CCN(Cc4oc(=O)oc4C(C)(C)C)CC3)cc21. The number of halogens is 1. The molecule has 0 bridgehead atoms. The number of pyridine rings is 1. The Morgan fingerprint density at radius 1 is 1.14 bits per heavy atom. The fraction of sp³-hybridized carbons (Fsp3) is 0.458. The largest absolute Gasteiger partial charge is 0.519 e. The van der Waals surface area contributed by atoms with Crippen LogP contribution in [0.25, 0.3) is 10.9 Å². The average Bonchev–Trinajstić information content (AvgIpc) is 3.16. The molecule has 0 amide bonds. The molecular weight excluding hydrogens is 461 g/mol. The van der Waals surface area contributed by atoms with Crippen LogP contribution < -0.4 is 20.9 Å². The van der Waals surface area contributed by atoms with E-state index in [4.69, 9.17) is 13.9 Å². The Balaban J connectivity index is 1.57. The molecule has 2 aromatic heterocycles. The van der Waals surface area contributed by atoms with Crippen molar-refractivity contribution in [1.82, 2.24) is 9.47 Å². The van der Waals surface area contributed by atoms with Gasteiger partial charge in [-0.15, -0.1) is 0 Å². The minimum atomic E-state index is -1.61. The maximum Gasteiger partial charge on any atom is 0.519 e. The fourth-order valence-electron chi connectivity index (χ4n) is 4.38. The Morgan fingerprint density at radius 3 is 2.43 bits per heavy atom. The molecule has 0 aliphatic carbocycles. The van der Waals surface area contributed by atoms with Crippen LogP contribution >= 0.6 is 0 Å². The van der Waals surface area contributed by atoms with Crippen LogP contribution in [0.15, 0.2) is 36.8 Å². The van der Waals surface area contributed by atoms with E-state index in [1.807, 2.05) is 32.6 Å². The van der Waals surface area contributed by atoms with Gasteiger partial charge in [0.25, 0.3) is 0 Å². The zero-order valence-corrected chi connectivity index (χ0v) is 20.1. The third-order valence-corrected chi connectivity index (χ3v) is 6.06. The maximum atomic E-state index is 15.1. The zero-order chi connectivity index (χ0) is 25.5. The number of aromatic nitrogens is 1. The lowest BCUT2D eigenvalue weighted by molar-refractivity contribution is 0.144. The van der Waals surface area contributed by atoms with E-state index in [1.54, 1.807) is 10.6 Å². The van der Waals surface area contributed by atoms with Gasteiger partial charge in [0.15, 0.2) is 17.3 Å². The van der Waals surface area contributed by atoms with Crippen molar-refractivity contribution >= 4 is 22.7 Å². The molecule has 3 aromatic rings. The van der Waals surface area contributed by atoms with Gasteiger partial charge in [-0.2, -0.15) is 0 Å². The van der Waals surface area contributed by atoms with Crippen LogP contribution in [-0.4, -0.2) is 46.9 Å². The van der Waals surface area contributed by atoms with Crippen LogP contribution in [0, 0.1) is 5.82 Å². The standard InChI is InChI=1S/C24H28FN3O7/c1-5-27-13-18(33-22(30)31)20(29)14-10-15(25)17(11-16(14)27)28-8-6-26(7-9-28)12-19-21(24(2,3)4)35-23(32)34-19/h10-11,13H,5-9,12H2,1-4H3,(H,30,31). The molecule has 188 valence electrons. The van der Waals surface area contributed by atoms with Gasteiger partial charge in [-0.25, -0.2) is 14.0 Å². The quantitative estimate of drug-likeness (QED) is 0.538. The van der Waals surface area contributed by atoms with E-state index in [2.05, 4.69) is 9.64 Å². The number of hydrogen-bond acceptors (Lipinski definition) is 8. The number of nitrogens with zero attached hydrogens (tertiary/aromatic N) is 3. The highest BCUT2D eigenvalue weighted by Gasteiger charge is 2.29. The number of ether oxygens (including phenoxy) is 1. The predicted molar refractivity (Wildman–Crippen MR) is 126 cm³/mol. The molecule has 11 heteroatoms. The smallest absolute Gasteiger partial charge is 0.449 e. The molecule has 4 rings (SSSR count). The van der Waals surface area contributed by atoms with Gasteiger partial charge in [-0.1, -0.05) is 20.8 Å². The number of hydrogen-bond donors (Lipinski definition) is 1. The monoisotopic (exact) mass is 489 g/mol. The van der Waals surface area contributed by atoms with Gasteiger partial charge < -0.3 is 28.1 Å². The highest BCUT2D eigenvalue weighted by Crippen LogP contribution is 2.29. The van der Waals surface area contributed by atoms with Crippen LogP contribution in [0.5, 0.6) is 5.75 Å². The molecule has 1 aromatic carbocycles. The summed E-state index contributed by atoms with van der Waals surface area (Å²) in [6.45, 7) is 10.7. The summed E-state index contributed by atoms with van der Waals surface area (Å²) in [5, 5.41) is 8.94. The molecule has 1 N–H and O–H groups in total. The lowest BCUT2D eigenvalue weighted by Crippen LogP contribution is -2.46. The molecule has 35 heavy (non-hydrogen) atoms. The number of rotatable bonds is 5. The van der Waals surface area contributed by atoms with Gasteiger partial charge in [0.2, 0.25) is 5.43 Å². The molecule has 0 spiro atoms. The number of fused-ring (bicyclic) bond motifs is 1. The maximum absolute atomic E-state index is 15.1. The Bertz CT molecular complexity index is 1370. The molecular formula is C24H28FN3O7. The first-order valence-electron chi connectivity index (χ1n) is 11.4. The van der Waals surface area contributed by atoms with E-state index < -0.39 is 23.2 Å². The topological polar surface area (TPSA) is 118 Å². The minimum absolute atomic E-state index is 0.0511.